The van der Waals surface area contributed by atoms with E-state index in [1.807, 2.05) is 27.7 Å². The Labute approximate surface area is 63.2 Å². The fourth-order valence-electron chi connectivity index (χ4n) is 1.14. The van der Waals surface area contributed by atoms with Gasteiger partial charge in [0.15, 0.2) is 5.79 Å². The van der Waals surface area contributed by atoms with Gasteiger partial charge in [-0.05, 0) is 0 Å². The standard InChI is InChI=1S/C8H18O2/c1-6(2)8(9,10-5)7(3)4/h6-7,9H,1-5H3. The second-order valence-corrected chi connectivity index (χ2v) is 3.27. The lowest BCUT2D eigenvalue weighted by atomic mass is 9.92. The molecule has 0 saturated heterocycles. The third-order valence-corrected chi connectivity index (χ3v) is 1.98. The highest BCUT2D eigenvalue weighted by molar-refractivity contribution is 4.74. The third kappa shape index (κ3) is 1.70. The molecule has 0 aromatic rings. The summed E-state index contributed by atoms with van der Waals surface area (Å²) in [4.78, 5) is 0. The Hall–Kier alpha value is -0.0800. The monoisotopic (exact) mass is 146 g/mol. The van der Waals surface area contributed by atoms with Gasteiger partial charge in [0.25, 0.3) is 0 Å². The first-order valence-electron chi connectivity index (χ1n) is 3.72. The summed E-state index contributed by atoms with van der Waals surface area (Å²) in [6, 6.07) is 0. The van der Waals surface area contributed by atoms with E-state index in [1.54, 1.807) is 7.11 Å². The van der Waals surface area contributed by atoms with Crippen LogP contribution in [0.25, 0.3) is 0 Å². The molecule has 0 amide bonds. The molecule has 62 valence electrons. The molecule has 10 heavy (non-hydrogen) atoms. The lowest BCUT2D eigenvalue weighted by Crippen LogP contribution is -2.42. The number of hydrogen-bond acceptors (Lipinski definition) is 2. The van der Waals surface area contributed by atoms with E-state index in [4.69, 9.17) is 4.74 Å². The van der Waals surface area contributed by atoms with E-state index in [2.05, 4.69) is 0 Å². The van der Waals surface area contributed by atoms with Crippen LogP contribution in [-0.4, -0.2) is 18.0 Å². The van der Waals surface area contributed by atoms with Crippen molar-refractivity contribution in [1.82, 2.24) is 0 Å². The first-order valence-corrected chi connectivity index (χ1v) is 3.72. The fraction of sp³-hybridized carbons (Fsp3) is 1.00. The van der Waals surface area contributed by atoms with E-state index in [0.29, 0.717) is 0 Å². The van der Waals surface area contributed by atoms with Crippen LogP contribution >= 0.6 is 0 Å². The highest BCUT2D eigenvalue weighted by Gasteiger charge is 2.34. The first kappa shape index (κ1) is 9.92. The van der Waals surface area contributed by atoms with Gasteiger partial charge in [-0.1, -0.05) is 27.7 Å². The Morgan fingerprint density at radius 1 is 1.10 bits per heavy atom. The van der Waals surface area contributed by atoms with E-state index in [-0.39, 0.29) is 11.8 Å². The molecule has 1 N–H and O–H groups in total. The highest BCUT2D eigenvalue weighted by atomic mass is 16.6. The van der Waals surface area contributed by atoms with Crippen molar-refractivity contribution >= 4 is 0 Å². The molecule has 0 radical (unpaired) electrons. The van der Waals surface area contributed by atoms with Gasteiger partial charge in [0.2, 0.25) is 0 Å². The minimum absolute atomic E-state index is 0.137. The van der Waals surface area contributed by atoms with Gasteiger partial charge >= 0.3 is 0 Å². The molecule has 2 nitrogen and oxygen atoms in total. The van der Waals surface area contributed by atoms with E-state index < -0.39 is 5.79 Å². The van der Waals surface area contributed by atoms with Crippen molar-refractivity contribution in [3.63, 3.8) is 0 Å². The van der Waals surface area contributed by atoms with Gasteiger partial charge in [-0.2, -0.15) is 0 Å². The quantitative estimate of drug-likeness (QED) is 0.613. The van der Waals surface area contributed by atoms with Gasteiger partial charge in [-0.15, -0.1) is 0 Å². The van der Waals surface area contributed by atoms with Crippen LogP contribution in [0.1, 0.15) is 27.7 Å². The molecule has 0 aliphatic carbocycles. The Balaban J connectivity index is 4.23. The molecule has 0 fully saturated rings. The lowest BCUT2D eigenvalue weighted by molar-refractivity contribution is -0.241. The molecule has 0 rings (SSSR count). The third-order valence-electron chi connectivity index (χ3n) is 1.98. The zero-order valence-electron chi connectivity index (χ0n) is 7.51. The largest absolute Gasteiger partial charge is 0.365 e. The Bertz CT molecular complexity index is 89.4. The molecule has 0 spiro atoms. The number of rotatable bonds is 3. The van der Waals surface area contributed by atoms with Crippen molar-refractivity contribution in [2.45, 2.75) is 33.5 Å². The maximum Gasteiger partial charge on any atom is 0.169 e. The summed E-state index contributed by atoms with van der Waals surface area (Å²) in [5, 5.41) is 9.75. The van der Waals surface area contributed by atoms with Gasteiger partial charge in [0.1, 0.15) is 0 Å². The molecule has 0 aromatic carbocycles. The summed E-state index contributed by atoms with van der Waals surface area (Å²) in [6.45, 7) is 7.79. The predicted octanol–water partition coefficient (Wildman–Crippen LogP) is 1.63. The minimum atomic E-state index is -0.958. The molecule has 0 atom stereocenters. The fourth-order valence-corrected chi connectivity index (χ4v) is 1.14. The van der Waals surface area contributed by atoms with Gasteiger partial charge in [0.05, 0.1) is 0 Å². The van der Waals surface area contributed by atoms with E-state index >= 15 is 0 Å². The number of hydrogen-bond donors (Lipinski definition) is 1. The van der Waals surface area contributed by atoms with Gasteiger partial charge < -0.3 is 9.84 Å². The van der Waals surface area contributed by atoms with Crippen LogP contribution in [0.4, 0.5) is 0 Å². The average Bonchev–Trinajstić information content (AvgIpc) is 1.85. The SMILES string of the molecule is COC(O)(C(C)C)C(C)C. The smallest absolute Gasteiger partial charge is 0.169 e. The van der Waals surface area contributed by atoms with Crippen molar-refractivity contribution in [2.75, 3.05) is 7.11 Å². The Morgan fingerprint density at radius 2 is 1.40 bits per heavy atom. The summed E-state index contributed by atoms with van der Waals surface area (Å²) in [7, 11) is 1.54. The van der Waals surface area contributed by atoms with Crippen LogP contribution in [0.3, 0.4) is 0 Å². The normalized spacial score (nSPS) is 13.2. The molecule has 2 heteroatoms. The van der Waals surface area contributed by atoms with Crippen LogP contribution in [0.5, 0.6) is 0 Å². The molecule has 0 bridgehead atoms. The molecule has 0 heterocycles. The molecule has 0 aromatic heterocycles. The van der Waals surface area contributed by atoms with Crippen LogP contribution in [0.2, 0.25) is 0 Å². The van der Waals surface area contributed by atoms with E-state index in [0.717, 1.165) is 0 Å². The lowest BCUT2D eigenvalue weighted by Gasteiger charge is -2.34. The second kappa shape index (κ2) is 3.35. The molecule has 0 aliphatic rings. The summed E-state index contributed by atoms with van der Waals surface area (Å²) in [5.41, 5.74) is 0. The minimum Gasteiger partial charge on any atom is -0.365 e. The van der Waals surface area contributed by atoms with Crippen molar-refractivity contribution < 1.29 is 9.84 Å². The summed E-state index contributed by atoms with van der Waals surface area (Å²) >= 11 is 0. The van der Waals surface area contributed by atoms with Crippen molar-refractivity contribution in [3.8, 4) is 0 Å². The van der Waals surface area contributed by atoms with Crippen LogP contribution in [0.15, 0.2) is 0 Å². The van der Waals surface area contributed by atoms with Gasteiger partial charge in [0, 0.05) is 18.9 Å². The first-order chi connectivity index (χ1) is 4.45. The van der Waals surface area contributed by atoms with Gasteiger partial charge in [-0.3, -0.25) is 0 Å². The topological polar surface area (TPSA) is 29.5 Å². The maximum absolute atomic E-state index is 9.75. The number of methoxy groups -OCH3 is 1. The summed E-state index contributed by atoms with van der Waals surface area (Å²) < 4.78 is 5.02. The van der Waals surface area contributed by atoms with E-state index in [9.17, 15) is 5.11 Å². The summed E-state index contributed by atoms with van der Waals surface area (Å²) in [5.74, 6) is -0.685. The zero-order valence-corrected chi connectivity index (χ0v) is 7.51. The van der Waals surface area contributed by atoms with Crippen molar-refractivity contribution in [3.05, 3.63) is 0 Å². The molecule has 0 unspecified atom stereocenters. The molecular formula is C8H18O2. The van der Waals surface area contributed by atoms with Crippen molar-refractivity contribution in [1.29, 1.82) is 0 Å². The van der Waals surface area contributed by atoms with Crippen molar-refractivity contribution in [2.24, 2.45) is 11.8 Å². The zero-order chi connectivity index (χ0) is 8.36. The van der Waals surface area contributed by atoms with Crippen LogP contribution in [0, 0.1) is 11.8 Å². The molecular weight excluding hydrogens is 128 g/mol. The average molecular weight is 146 g/mol. The predicted molar refractivity (Wildman–Crippen MR) is 41.6 cm³/mol. The number of ether oxygens (including phenoxy) is 1. The Kier molecular flexibility index (Phi) is 3.33. The Morgan fingerprint density at radius 3 is 1.40 bits per heavy atom. The van der Waals surface area contributed by atoms with Gasteiger partial charge in [-0.25, -0.2) is 0 Å². The number of aliphatic hydroxyl groups is 1. The second-order valence-electron chi connectivity index (χ2n) is 3.27. The van der Waals surface area contributed by atoms with Crippen LogP contribution < -0.4 is 0 Å². The highest BCUT2D eigenvalue weighted by Crippen LogP contribution is 2.25. The van der Waals surface area contributed by atoms with E-state index in [1.165, 1.54) is 0 Å². The maximum atomic E-state index is 9.75. The molecule has 0 saturated carbocycles. The molecule has 0 aliphatic heterocycles. The summed E-state index contributed by atoms with van der Waals surface area (Å²) in [6.07, 6.45) is 0. The van der Waals surface area contributed by atoms with Crippen LogP contribution in [-0.2, 0) is 4.74 Å².